The number of carbonyl (C=O) groups is 2. The van der Waals surface area contributed by atoms with Gasteiger partial charge in [-0.15, -0.1) is 0 Å². The minimum absolute atomic E-state index is 0.0746. The van der Waals surface area contributed by atoms with Gasteiger partial charge < -0.3 is 20.3 Å². The number of amides is 3. The first-order valence-corrected chi connectivity index (χ1v) is 8.58. The largest absolute Gasteiger partial charge is 0.450 e. The van der Waals surface area contributed by atoms with Crippen molar-refractivity contribution in [3.05, 3.63) is 29.8 Å². The van der Waals surface area contributed by atoms with E-state index >= 15 is 0 Å². The molecule has 2 rings (SSSR count). The van der Waals surface area contributed by atoms with Crippen molar-refractivity contribution in [3.63, 3.8) is 0 Å². The Hall–Kier alpha value is -2.24. The van der Waals surface area contributed by atoms with Gasteiger partial charge in [-0.1, -0.05) is 26.0 Å². The topological polar surface area (TPSA) is 70.7 Å². The Bertz CT molecular complexity index is 549. The molecular weight excluding hydrogens is 306 g/mol. The summed E-state index contributed by atoms with van der Waals surface area (Å²) in [6, 6.07) is 7.75. The number of carbonyl (C=O) groups excluding carboxylic acids is 2. The van der Waals surface area contributed by atoms with Crippen LogP contribution in [0.2, 0.25) is 0 Å². The standard InChI is InChI=1S/C18H27N3O3/c1-4-24-18(23)21-11-9-16(10-12-21)20-17(22)19-15-7-5-14(6-8-15)13(2)3/h5-8,13,16H,4,9-12H2,1-3H3,(H2,19,20,22). The van der Waals surface area contributed by atoms with E-state index in [-0.39, 0.29) is 18.2 Å². The number of nitrogens with one attached hydrogen (secondary N) is 2. The van der Waals surface area contributed by atoms with Crippen molar-refractivity contribution in [2.24, 2.45) is 0 Å². The fraction of sp³-hybridized carbons (Fsp3) is 0.556. The summed E-state index contributed by atoms with van der Waals surface area (Å²) in [5, 5.41) is 5.82. The molecule has 6 heteroatoms. The highest BCUT2D eigenvalue weighted by Gasteiger charge is 2.24. The molecule has 1 aliphatic heterocycles. The van der Waals surface area contributed by atoms with Gasteiger partial charge in [-0.05, 0) is 43.4 Å². The van der Waals surface area contributed by atoms with Gasteiger partial charge in [-0.3, -0.25) is 0 Å². The van der Waals surface area contributed by atoms with Crippen molar-refractivity contribution in [2.45, 2.75) is 45.6 Å². The van der Waals surface area contributed by atoms with Crippen LogP contribution < -0.4 is 10.6 Å². The zero-order valence-electron chi connectivity index (χ0n) is 14.7. The molecule has 0 bridgehead atoms. The lowest BCUT2D eigenvalue weighted by Gasteiger charge is -2.31. The number of ether oxygens (including phenoxy) is 1. The molecule has 1 heterocycles. The maximum Gasteiger partial charge on any atom is 0.409 e. The molecule has 1 saturated heterocycles. The first-order chi connectivity index (χ1) is 11.5. The molecule has 1 aromatic rings. The number of anilines is 1. The summed E-state index contributed by atoms with van der Waals surface area (Å²) in [5.41, 5.74) is 2.02. The number of likely N-dealkylation sites (tertiary alicyclic amines) is 1. The Morgan fingerprint density at radius 1 is 1.21 bits per heavy atom. The maximum absolute atomic E-state index is 12.1. The van der Waals surface area contributed by atoms with Crippen molar-refractivity contribution in [2.75, 3.05) is 25.0 Å². The lowest BCUT2D eigenvalue weighted by molar-refractivity contribution is 0.0959. The summed E-state index contributed by atoms with van der Waals surface area (Å²) in [4.78, 5) is 25.4. The van der Waals surface area contributed by atoms with E-state index < -0.39 is 0 Å². The zero-order valence-corrected chi connectivity index (χ0v) is 14.7. The highest BCUT2D eigenvalue weighted by Crippen LogP contribution is 2.17. The van der Waals surface area contributed by atoms with Crippen LogP contribution in [0.1, 0.15) is 45.1 Å². The van der Waals surface area contributed by atoms with Crippen LogP contribution in [0.3, 0.4) is 0 Å². The van der Waals surface area contributed by atoms with Crippen LogP contribution >= 0.6 is 0 Å². The lowest BCUT2D eigenvalue weighted by Crippen LogP contribution is -2.47. The Morgan fingerprint density at radius 3 is 2.38 bits per heavy atom. The molecule has 0 atom stereocenters. The fourth-order valence-electron chi connectivity index (χ4n) is 2.73. The van der Waals surface area contributed by atoms with E-state index in [0.29, 0.717) is 25.6 Å². The second-order valence-corrected chi connectivity index (χ2v) is 6.34. The van der Waals surface area contributed by atoms with Crippen LogP contribution in [-0.2, 0) is 4.74 Å². The summed E-state index contributed by atoms with van der Waals surface area (Å²) in [7, 11) is 0. The van der Waals surface area contributed by atoms with E-state index in [4.69, 9.17) is 4.74 Å². The SMILES string of the molecule is CCOC(=O)N1CCC(NC(=O)Nc2ccc(C(C)C)cc2)CC1. The molecule has 0 unspecified atom stereocenters. The molecule has 0 aromatic heterocycles. The number of rotatable bonds is 4. The Balaban J connectivity index is 1.76. The molecule has 3 amide bonds. The van der Waals surface area contributed by atoms with Gasteiger partial charge in [0.15, 0.2) is 0 Å². The normalized spacial score (nSPS) is 15.2. The van der Waals surface area contributed by atoms with E-state index in [2.05, 4.69) is 24.5 Å². The van der Waals surface area contributed by atoms with Crippen LogP contribution in [0.15, 0.2) is 24.3 Å². The summed E-state index contributed by atoms with van der Waals surface area (Å²) < 4.78 is 4.99. The Morgan fingerprint density at radius 2 is 1.83 bits per heavy atom. The first-order valence-electron chi connectivity index (χ1n) is 8.58. The van der Waals surface area contributed by atoms with E-state index in [1.54, 1.807) is 11.8 Å². The highest BCUT2D eigenvalue weighted by molar-refractivity contribution is 5.89. The first kappa shape index (κ1) is 18.1. The second-order valence-electron chi connectivity index (χ2n) is 6.34. The van der Waals surface area contributed by atoms with Crippen molar-refractivity contribution >= 4 is 17.8 Å². The predicted octanol–water partition coefficient (Wildman–Crippen LogP) is 3.55. The molecule has 0 aliphatic carbocycles. The maximum atomic E-state index is 12.1. The lowest BCUT2D eigenvalue weighted by atomic mass is 10.0. The molecule has 1 fully saturated rings. The van der Waals surface area contributed by atoms with Gasteiger partial charge >= 0.3 is 12.1 Å². The third kappa shape index (κ3) is 5.15. The number of urea groups is 1. The van der Waals surface area contributed by atoms with Gasteiger partial charge in [0.25, 0.3) is 0 Å². The minimum atomic E-state index is -0.273. The Kier molecular flexibility index (Phi) is 6.46. The number of benzene rings is 1. The average molecular weight is 333 g/mol. The molecule has 1 aromatic carbocycles. The quantitative estimate of drug-likeness (QED) is 0.885. The van der Waals surface area contributed by atoms with Gasteiger partial charge in [0.05, 0.1) is 6.61 Å². The number of hydrogen-bond acceptors (Lipinski definition) is 3. The van der Waals surface area contributed by atoms with E-state index in [0.717, 1.165) is 18.5 Å². The van der Waals surface area contributed by atoms with Crippen LogP contribution in [0.5, 0.6) is 0 Å². The van der Waals surface area contributed by atoms with Crippen molar-refractivity contribution < 1.29 is 14.3 Å². The van der Waals surface area contributed by atoms with E-state index in [9.17, 15) is 9.59 Å². The highest BCUT2D eigenvalue weighted by atomic mass is 16.6. The van der Waals surface area contributed by atoms with E-state index in [1.165, 1.54) is 5.56 Å². The van der Waals surface area contributed by atoms with Gasteiger partial charge in [0, 0.05) is 24.8 Å². The summed E-state index contributed by atoms with van der Waals surface area (Å²) in [6.45, 7) is 7.66. The van der Waals surface area contributed by atoms with Crippen LogP contribution in [0.4, 0.5) is 15.3 Å². The minimum Gasteiger partial charge on any atom is -0.450 e. The molecule has 24 heavy (non-hydrogen) atoms. The van der Waals surface area contributed by atoms with Crippen molar-refractivity contribution in [1.82, 2.24) is 10.2 Å². The fourth-order valence-corrected chi connectivity index (χ4v) is 2.73. The molecule has 0 radical (unpaired) electrons. The van der Waals surface area contributed by atoms with E-state index in [1.807, 2.05) is 24.3 Å². The third-order valence-electron chi connectivity index (χ3n) is 4.19. The van der Waals surface area contributed by atoms with Crippen molar-refractivity contribution in [3.8, 4) is 0 Å². The molecule has 132 valence electrons. The summed E-state index contributed by atoms with van der Waals surface area (Å²) in [5.74, 6) is 0.470. The molecule has 0 spiro atoms. The predicted molar refractivity (Wildman–Crippen MR) is 94.3 cm³/mol. The average Bonchev–Trinajstić information content (AvgIpc) is 2.56. The number of piperidine rings is 1. The van der Waals surface area contributed by atoms with Crippen LogP contribution in [0, 0.1) is 0 Å². The Labute approximate surface area is 143 Å². The molecular formula is C18H27N3O3. The molecule has 2 N–H and O–H groups in total. The smallest absolute Gasteiger partial charge is 0.409 e. The molecule has 0 saturated carbocycles. The van der Waals surface area contributed by atoms with Crippen LogP contribution in [-0.4, -0.2) is 42.8 Å². The van der Waals surface area contributed by atoms with Gasteiger partial charge in [-0.2, -0.15) is 0 Å². The summed E-state index contributed by atoms with van der Waals surface area (Å²) >= 11 is 0. The van der Waals surface area contributed by atoms with Crippen LogP contribution in [0.25, 0.3) is 0 Å². The third-order valence-corrected chi connectivity index (χ3v) is 4.19. The molecule has 1 aliphatic rings. The van der Waals surface area contributed by atoms with Gasteiger partial charge in [0.2, 0.25) is 0 Å². The summed E-state index contributed by atoms with van der Waals surface area (Å²) in [6.07, 6.45) is 1.20. The number of nitrogens with zero attached hydrogens (tertiary/aromatic N) is 1. The van der Waals surface area contributed by atoms with Crippen molar-refractivity contribution in [1.29, 1.82) is 0 Å². The second kappa shape index (κ2) is 8.57. The number of hydrogen-bond donors (Lipinski definition) is 2. The monoisotopic (exact) mass is 333 g/mol. The zero-order chi connectivity index (χ0) is 17.5. The van der Waals surface area contributed by atoms with Gasteiger partial charge in [-0.25, -0.2) is 9.59 Å². The molecule has 6 nitrogen and oxygen atoms in total. The van der Waals surface area contributed by atoms with Gasteiger partial charge in [0.1, 0.15) is 0 Å².